The van der Waals surface area contributed by atoms with Crippen LogP contribution in [0.15, 0.2) is 41.3 Å². The van der Waals surface area contributed by atoms with Crippen LogP contribution in [0.5, 0.6) is 0 Å². The van der Waals surface area contributed by atoms with Crippen molar-refractivity contribution in [3.63, 3.8) is 0 Å². The molecule has 2 aromatic rings. The molecule has 1 saturated heterocycles. The Hall–Kier alpha value is -2.16. The first-order valence-electron chi connectivity index (χ1n) is 9.47. The molecule has 0 saturated carbocycles. The van der Waals surface area contributed by atoms with Gasteiger partial charge < -0.3 is 14.7 Å². The fourth-order valence-corrected chi connectivity index (χ4v) is 4.26. The highest BCUT2D eigenvalue weighted by atomic mass is 32.2. The lowest BCUT2D eigenvalue weighted by atomic mass is 9.73. The lowest BCUT2D eigenvalue weighted by molar-refractivity contribution is 0.00578. The normalized spacial score (nSPS) is 17.9. The molecule has 0 aliphatic carbocycles. The van der Waals surface area contributed by atoms with E-state index in [0.717, 1.165) is 17.3 Å². The average molecular weight is 414 g/mol. The summed E-state index contributed by atoms with van der Waals surface area (Å²) in [6.07, 6.45) is 1.14. The monoisotopic (exact) mass is 414 g/mol. The largest absolute Gasteiger partial charge is 0.495 e. The minimum atomic E-state index is -3.80. The van der Waals surface area contributed by atoms with Crippen molar-refractivity contribution in [2.45, 2.75) is 57.6 Å². The van der Waals surface area contributed by atoms with Crippen LogP contribution in [0.4, 0.5) is 5.69 Å². The molecule has 0 atom stereocenters. The average Bonchev–Trinajstić information content (AvgIpc) is 2.83. The van der Waals surface area contributed by atoms with Crippen LogP contribution in [0.1, 0.15) is 44.4 Å². The molecule has 3 rings (SSSR count). The summed E-state index contributed by atoms with van der Waals surface area (Å²) < 4.78 is 40.6. The van der Waals surface area contributed by atoms with Crippen molar-refractivity contribution in [2.24, 2.45) is 0 Å². The zero-order valence-corrected chi connectivity index (χ0v) is 18.5. The Bertz CT molecular complexity index is 1030. The topological polar surface area (TPSA) is 88.5 Å². The van der Waals surface area contributed by atoms with Gasteiger partial charge in [-0.25, -0.2) is 8.42 Å². The highest BCUT2D eigenvalue weighted by Crippen LogP contribution is 2.37. The summed E-state index contributed by atoms with van der Waals surface area (Å²) in [4.78, 5) is 0.164. The maximum absolute atomic E-state index is 12.9. The van der Waals surface area contributed by atoms with Crippen molar-refractivity contribution in [1.29, 1.82) is 5.41 Å². The summed E-state index contributed by atoms with van der Waals surface area (Å²) in [5, 5.41) is 7.95. The molecule has 0 unspecified atom stereocenters. The highest BCUT2D eigenvalue weighted by molar-refractivity contribution is 7.92. The van der Waals surface area contributed by atoms with Gasteiger partial charge in [0.05, 0.1) is 21.8 Å². The van der Waals surface area contributed by atoms with Crippen LogP contribution in [-0.4, -0.2) is 33.0 Å². The van der Waals surface area contributed by atoms with Crippen LogP contribution in [0.3, 0.4) is 0 Å². The van der Waals surface area contributed by atoms with Gasteiger partial charge >= 0.3 is 7.12 Å². The Morgan fingerprint density at radius 2 is 1.52 bits per heavy atom. The molecular weight excluding hydrogens is 387 g/mol. The molecule has 0 bridgehead atoms. The molecule has 2 N–H and O–H groups in total. The Kier molecular flexibility index (Phi) is 5.40. The summed E-state index contributed by atoms with van der Waals surface area (Å²) >= 11 is 0. The number of hydrogen-bond donors (Lipinski definition) is 2. The van der Waals surface area contributed by atoms with E-state index in [1.54, 1.807) is 36.4 Å². The van der Waals surface area contributed by atoms with Gasteiger partial charge in [0.2, 0.25) is 0 Å². The van der Waals surface area contributed by atoms with Crippen molar-refractivity contribution in [3.05, 3.63) is 53.1 Å². The molecule has 8 heteroatoms. The zero-order chi connectivity index (χ0) is 21.6. The van der Waals surface area contributed by atoms with Gasteiger partial charge in [-0.1, -0.05) is 29.3 Å². The smallest absolute Gasteiger partial charge is 0.399 e. The molecule has 2 aromatic carbocycles. The summed E-state index contributed by atoms with van der Waals surface area (Å²) in [7, 11) is -4.49. The Labute approximate surface area is 173 Å². The van der Waals surface area contributed by atoms with Gasteiger partial charge in [0.15, 0.2) is 0 Å². The minimum Gasteiger partial charge on any atom is -0.399 e. The van der Waals surface area contributed by atoms with E-state index in [2.05, 4.69) is 4.72 Å². The van der Waals surface area contributed by atoms with Crippen LogP contribution in [-0.2, 0) is 19.3 Å². The van der Waals surface area contributed by atoms with Gasteiger partial charge in [-0.2, -0.15) is 0 Å². The molecule has 1 fully saturated rings. The molecule has 0 spiro atoms. The summed E-state index contributed by atoms with van der Waals surface area (Å²) in [6, 6.07) is 10.1. The fourth-order valence-electron chi connectivity index (χ4n) is 3.18. The predicted molar refractivity (Wildman–Crippen MR) is 117 cm³/mol. The number of aryl methyl sites for hydroxylation is 2. The summed E-state index contributed by atoms with van der Waals surface area (Å²) in [5.74, 6) is 0. The van der Waals surface area contributed by atoms with E-state index in [1.165, 1.54) is 0 Å². The maximum atomic E-state index is 12.9. The van der Waals surface area contributed by atoms with Gasteiger partial charge in [-0.15, -0.1) is 0 Å². The first-order chi connectivity index (χ1) is 13.4. The fraction of sp³-hybridized carbons (Fsp3) is 0.381. The van der Waals surface area contributed by atoms with Gasteiger partial charge in [0.1, 0.15) is 0 Å². The van der Waals surface area contributed by atoms with Crippen LogP contribution >= 0.6 is 0 Å². The van der Waals surface area contributed by atoms with Crippen LogP contribution in [0.25, 0.3) is 0 Å². The highest BCUT2D eigenvalue weighted by Gasteiger charge is 2.52. The molecular formula is C21H27BN2O4S. The van der Waals surface area contributed by atoms with E-state index in [-0.39, 0.29) is 4.90 Å². The van der Waals surface area contributed by atoms with E-state index in [0.29, 0.717) is 16.7 Å². The molecule has 0 radical (unpaired) electrons. The first-order valence-corrected chi connectivity index (χ1v) is 11.0. The molecule has 6 nitrogen and oxygen atoms in total. The SMILES string of the molecule is Cc1ccc(S(=O)(=O)Nc2ccc(C)c(B3OC(C)(C)C(C)(C)O3)c2C=N)cc1. The van der Waals surface area contributed by atoms with Crippen molar-refractivity contribution in [1.82, 2.24) is 0 Å². The molecule has 154 valence electrons. The van der Waals surface area contributed by atoms with Crippen molar-refractivity contribution < 1.29 is 17.7 Å². The van der Waals surface area contributed by atoms with Crippen LogP contribution < -0.4 is 10.2 Å². The van der Waals surface area contributed by atoms with Crippen LogP contribution in [0, 0.1) is 19.3 Å². The van der Waals surface area contributed by atoms with E-state index >= 15 is 0 Å². The second-order valence-corrected chi connectivity index (χ2v) is 10.1. The molecule has 0 amide bonds. The minimum absolute atomic E-state index is 0.164. The van der Waals surface area contributed by atoms with Crippen molar-refractivity contribution in [2.75, 3.05) is 4.72 Å². The number of benzene rings is 2. The quantitative estimate of drug-likeness (QED) is 0.580. The number of hydrogen-bond acceptors (Lipinski definition) is 5. The third-order valence-electron chi connectivity index (χ3n) is 5.71. The van der Waals surface area contributed by atoms with Gasteiger partial charge in [-0.05, 0) is 65.2 Å². The van der Waals surface area contributed by atoms with Crippen molar-refractivity contribution in [3.8, 4) is 0 Å². The molecule has 1 aliphatic rings. The lowest BCUT2D eigenvalue weighted by Crippen LogP contribution is -2.41. The van der Waals surface area contributed by atoms with E-state index in [1.807, 2.05) is 41.5 Å². The predicted octanol–water partition coefficient (Wildman–Crippen LogP) is 3.40. The lowest BCUT2D eigenvalue weighted by Gasteiger charge is -2.32. The summed E-state index contributed by atoms with van der Waals surface area (Å²) in [6.45, 7) is 11.6. The van der Waals surface area contributed by atoms with E-state index in [4.69, 9.17) is 14.7 Å². The second kappa shape index (κ2) is 7.27. The van der Waals surface area contributed by atoms with E-state index < -0.39 is 28.3 Å². The molecule has 0 aromatic heterocycles. The maximum Gasteiger partial charge on any atom is 0.495 e. The van der Waals surface area contributed by atoms with Gasteiger partial charge in [0.25, 0.3) is 10.0 Å². The second-order valence-electron chi connectivity index (χ2n) is 8.41. The third-order valence-corrected chi connectivity index (χ3v) is 7.10. The van der Waals surface area contributed by atoms with Crippen molar-refractivity contribution >= 4 is 34.5 Å². The zero-order valence-electron chi connectivity index (χ0n) is 17.7. The Morgan fingerprint density at radius 3 is 2.03 bits per heavy atom. The molecule has 29 heavy (non-hydrogen) atoms. The Balaban J connectivity index is 2.03. The number of anilines is 1. The Morgan fingerprint density at radius 1 is 0.966 bits per heavy atom. The standard InChI is InChI=1S/C21H27BN2O4S/c1-14-7-10-16(11-8-14)29(25,26)24-18-12-9-15(2)19(17(18)13-23)22-27-20(3,4)21(5,6)28-22/h7-13,23-24H,1-6H3. The number of sulfonamides is 1. The third kappa shape index (κ3) is 3.97. The van der Waals surface area contributed by atoms with Crippen LogP contribution in [0.2, 0.25) is 0 Å². The van der Waals surface area contributed by atoms with Gasteiger partial charge in [0, 0.05) is 11.8 Å². The van der Waals surface area contributed by atoms with E-state index in [9.17, 15) is 8.42 Å². The van der Waals surface area contributed by atoms with Gasteiger partial charge in [-0.3, -0.25) is 4.72 Å². The number of nitrogens with one attached hydrogen (secondary N) is 2. The molecule has 1 aliphatic heterocycles. The molecule has 1 heterocycles. The summed E-state index contributed by atoms with van der Waals surface area (Å²) in [5.41, 5.74) is 2.15. The first kappa shape index (κ1) is 21.6. The number of rotatable bonds is 5.